The highest BCUT2D eigenvalue weighted by Gasteiger charge is 2.26. The minimum absolute atomic E-state index is 0.140. The number of cyclic esters (lactones) is 1. The van der Waals surface area contributed by atoms with Crippen LogP contribution in [-0.2, 0) is 4.74 Å². The summed E-state index contributed by atoms with van der Waals surface area (Å²) in [6.07, 6.45) is 0.755. The Bertz CT molecular complexity index is 319. The Morgan fingerprint density at radius 2 is 1.78 bits per heavy atom. The van der Waals surface area contributed by atoms with Gasteiger partial charge in [-0.15, -0.1) is 0 Å². The number of hydrogen-bond donors (Lipinski definition) is 2. The van der Waals surface area contributed by atoms with E-state index < -0.39 is 5.60 Å². The van der Waals surface area contributed by atoms with Gasteiger partial charge >= 0.3 is 6.09 Å². The Labute approximate surface area is 108 Å². The average Bonchev–Trinajstić information content (AvgIpc) is 2.30. The number of amides is 1. The van der Waals surface area contributed by atoms with Crippen LogP contribution in [0.15, 0.2) is 36.4 Å². The molecule has 0 aliphatic carbocycles. The van der Waals surface area contributed by atoms with E-state index in [-0.39, 0.29) is 12.2 Å². The van der Waals surface area contributed by atoms with Gasteiger partial charge in [-0.2, -0.15) is 0 Å². The van der Waals surface area contributed by atoms with Gasteiger partial charge in [0.15, 0.2) is 0 Å². The second kappa shape index (κ2) is 7.01. The fraction of sp³-hybridized carbons (Fsp3) is 0.500. The average molecular weight is 251 g/mol. The largest absolute Gasteiger partial charge is 0.446 e. The normalized spacial score (nSPS) is 19.1. The third-order valence-electron chi connectivity index (χ3n) is 2.40. The van der Waals surface area contributed by atoms with Gasteiger partial charge in [0.25, 0.3) is 0 Å². The zero-order chi connectivity index (χ0) is 13.4. The second-order valence-corrected chi connectivity index (χ2v) is 4.91. The van der Waals surface area contributed by atoms with Gasteiger partial charge in [-0.3, -0.25) is 0 Å². The smallest absolute Gasteiger partial charge is 0.407 e. The van der Waals surface area contributed by atoms with Crippen LogP contribution in [0.2, 0.25) is 0 Å². The zero-order valence-electron chi connectivity index (χ0n) is 10.9. The standard InChI is InChI=1S/C8H15NO3.C6H6/c1-8(2,11)5-6-3-4-9-7(10)12-6;1-2-4-6-5-3-1/h6,11H,3-5H2,1-2H3,(H,9,10);1-6H. The van der Waals surface area contributed by atoms with E-state index in [1.165, 1.54) is 0 Å². The van der Waals surface area contributed by atoms with Gasteiger partial charge in [-0.1, -0.05) is 36.4 Å². The van der Waals surface area contributed by atoms with Crippen LogP contribution in [0.4, 0.5) is 4.79 Å². The molecule has 2 rings (SSSR count). The van der Waals surface area contributed by atoms with E-state index in [4.69, 9.17) is 4.74 Å². The fourth-order valence-electron chi connectivity index (χ4n) is 1.67. The van der Waals surface area contributed by atoms with Crippen LogP contribution in [0.5, 0.6) is 0 Å². The number of carbonyl (C=O) groups is 1. The van der Waals surface area contributed by atoms with Crippen LogP contribution in [0.25, 0.3) is 0 Å². The van der Waals surface area contributed by atoms with Gasteiger partial charge in [0, 0.05) is 19.4 Å². The summed E-state index contributed by atoms with van der Waals surface area (Å²) < 4.78 is 4.95. The maximum absolute atomic E-state index is 10.7. The molecule has 1 amide bonds. The molecule has 1 fully saturated rings. The first kappa shape index (κ1) is 14.5. The maximum atomic E-state index is 10.7. The Hall–Kier alpha value is -1.55. The summed E-state index contributed by atoms with van der Waals surface area (Å²) in [5, 5.41) is 12.0. The molecule has 4 nitrogen and oxygen atoms in total. The van der Waals surface area contributed by atoms with Crippen LogP contribution >= 0.6 is 0 Å². The Kier molecular flexibility index (Phi) is 5.65. The Morgan fingerprint density at radius 1 is 1.28 bits per heavy atom. The van der Waals surface area contributed by atoms with Gasteiger partial charge in [0.1, 0.15) is 6.10 Å². The number of aliphatic hydroxyl groups is 1. The monoisotopic (exact) mass is 251 g/mol. The molecule has 1 aliphatic rings. The molecule has 18 heavy (non-hydrogen) atoms. The molecule has 0 saturated carbocycles. The summed E-state index contributed by atoms with van der Waals surface area (Å²) in [5.41, 5.74) is -0.762. The fourth-order valence-corrected chi connectivity index (χ4v) is 1.67. The van der Waals surface area contributed by atoms with Crippen molar-refractivity contribution in [3.8, 4) is 0 Å². The maximum Gasteiger partial charge on any atom is 0.407 e. The number of hydrogen-bond acceptors (Lipinski definition) is 3. The van der Waals surface area contributed by atoms with Crippen molar-refractivity contribution in [2.45, 2.75) is 38.4 Å². The summed E-state index contributed by atoms with van der Waals surface area (Å²) in [5.74, 6) is 0. The lowest BCUT2D eigenvalue weighted by Gasteiger charge is -2.28. The predicted octanol–water partition coefficient (Wildman–Crippen LogP) is 2.33. The van der Waals surface area contributed by atoms with Crippen LogP contribution in [0.3, 0.4) is 0 Å². The van der Waals surface area contributed by atoms with Crippen LogP contribution in [0, 0.1) is 0 Å². The van der Waals surface area contributed by atoms with Gasteiger partial charge in [0.05, 0.1) is 5.60 Å². The van der Waals surface area contributed by atoms with Gasteiger partial charge in [0.2, 0.25) is 0 Å². The summed E-state index contributed by atoms with van der Waals surface area (Å²) in [7, 11) is 0. The van der Waals surface area contributed by atoms with Crippen molar-refractivity contribution in [3.63, 3.8) is 0 Å². The molecule has 1 saturated heterocycles. The third kappa shape index (κ3) is 6.91. The lowest BCUT2D eigenvalue weighted by atomic mass is 9.99. The molecular weight excluding hydrogens is 230 g/mol. The van der Waals surface area contributed by atoms with E-state index in [1.54, 1.807) is 13.8 Å². The van der Waals surface area contributed by atoms with Crippen LogP contribution in [0.1, 0.15) is 26.7 Å². The first-order valence-electron chi connectivity index (χ1n) is 6.14. The lowest BCUT2D eigenvalue weighted by Crippen LogP contribution is -2.40. The molecule has 4 heteroatoms. The SMILES string of the molecule is CC(C)(O)CC1CCNC(=O)O1.c1ccccc1. The van der Waals surface area contributed by atoms with E-state index in [0.717, 1.165) is 6.42 Å². The molecule has 0 aromatic heterocycles. The van der Waals surface area contributed by atoms with Crippen molar-refractivity contribution in [1.82, 2.24) is 5.32 Å². The summed E-state index contributed by atoms with van der Waals surface area (Å²) in [6, 6.07) is 12.0. The molecule has 0 spiro atoms. The summed E-state index contributed by atoms with van der Waals surface area (Å²) >= 11 is 0. The number of alkyl carbamates (subject to hydrolysis) is 1. The van der Waals surface area contributed by atoms with Gasteiger partial charge in [-0.25, -0.2) is 4.79 Å². The van der Waals surface area contributed by atoms with Gasteiger partial charge in [-0.05, 0) is 13.8 Å². The molecule has 1 aromatic rings. The van der Waals surface area contributed by atoms with Crippen LogP contribution < -0.4 is 5.32 Å². The molecule has 1 aliphatic heterocycles. The van der Waals surface area contributed by atoms with Crippen molar-refractivity contribution >= 4 is 6.09 Å². The third-order valence-corrected chi connectivity index (χ3v) is 2.40. The highest BCUT2D eigenvalue weighted by Crippen LogP contribution is 2.17. The zero-order valence-corrected chi connectivity index (χ0v) is 10.9. The molecule has 0 radical (unpaired) electrons. The van der Waals surface area contributed by atoms with E-state index >= 15 is 0 Å². The lowest BCUT2D eigenvalue weighted by molar-refractivity contribution is -0.00241. The summed E-state index contributed by atoms with van der Waals surface area (Å²) in [6.45, 7) is 4.06. The number of rotatable bonds is 2. The molecule has 2 N–H and O–H groups in total. The molecule has 1 heterocycles. The van der Waals surface area contributed by atoms with Crippen LogP contribution in [-0.4, -0.2) is 29.4 Å². The van der Waals surface area contributed by atoms with Gasteiger partial charge < -0.3 is 15.2 Å². The second-order valence-electron chi connectivity index (χ2n) is 4.91. The highest BCUT2D eigenvalue weighted by molar-refractivity contribution is 5.67. The Morgan fingerprint density at radius 3 is 2.17 bits per heavy atom. The first-order chi connectivity index (χ1) is 8.47. The molecular formula is C14H21NO3. The minimum Gasteiger partial charge on any atom is -0.446 e. The highest BCUT2D eigenvalue weighted by atomic mass is 16.6. The van der Waals surface area contributed by atoms with E-state index in [2.05, 4.69) is 5.32 Å². The van der Waals surface area contributed by atoms with Crippen molar-refractivity contribution in [2.75, 3.05) is 6.54 Å². The number of carbonyl (C=O) groups excluding carboxylic acids is 1. The number of ether oxygens (including phenoxy) is 1. The molecule has 1 aromatic carbocycles. The predicted molar refractivity (Wildman–Crippen MR) is 70.2 cm³/mol. The molecule has 100 valence electrons. The molecule has 0 bridgehead atoms. The summed E-state index contributed by atoms with van der Waals surface area (Å²) in [4.78, 5) is 10.7. The minimum atomic E-state index is -0.762. The van der Waals surface area contributed by atoms with Crippen molar-refractivity contribution < 1.29 is 14.6 Å². The quantitative estimate of drug-likeness (QED) is 0.848. The van der Waals surface area contributed by atoms with Crippen molar-refractivity contribution in [3.05, 3.63) is 36.4 Å². The van der Waals surface area contributed by atoms with Crippen molar-refractivity contribution in [1.29, 1.82) is 0 Å². The van der Waals surface area contributed by atoms with E-state index in [0.29, 0.717) is 13.0 Å². The molecule has 1 atom stereocenters. The molecule has 1 unspecified atom stereocenters. The van der Waals surface area contributed by atoms with Crippen molar-refractivity contribution in [2.24, 2.45) is 0 Å². The van der Waals surface area contributed by atoms with E-state index in [9.17, 15) is 9.90 Å². The number of benzene rings is 1. The van der Waals surface area contributed by atoms with E-state index in [1.807, 2.05) is 36.4 Å². The Balaban J connectivity index is 0.000000225. The number of nitrogens with one attached hydrogen (secondary N) is 1. The topological polar surface area (TPSA) is 58.6 Å². The first-order valence-corrected chi connectivity index (χ1v) is 6.14.